The maximum atomic E-state index is 11.9. The molecule has 0 spiro atoms. The normalized spacial score (nSPS) is 18.4. The molecular weight excluding hydrogens is 230 g/mol. The van der Waals surface area contributed by atoms with Crippen LogP contribution in [0.1, 0.15) is 23.2 Å². The van der Waals surface area contributed by atoms with Gasteiger partial charge in [0.25, 0.3) is 5.91 Å². The Morgan fingerprint density at radius 2 is 2.22 bits per heavy atom. The summed E-state index contributed by atoms with van der Waals surface area (Å²) in [7, 11) is 1.58. The van der Waals surface area contributed by atoms with Crippen LogP contribution in [0.15, 0.2) is 24.3 Å². The van der Waals surface area contributed by atoms with Gasteiger partial charge >= 0.3 is 0 Å². The first-order valence-corrected chi connectivity index (χ1v) is 6.07. The highest BCUT2D eigenvalue weighted by Gasteiger charge is 2.21. The molecular formula is C13H17N3O2. The molecule has 96 valence electrons. The number of carbonyl (C=O) groups is 2. The van der Waals surface area contributed by atoms with Crippen LogP contribution >= 0.6 is 0 Å². The van der Waals surface area contributed by atoms with E-state index >= 15 is 0 Å². The second kappa shape index (κ2) is 5.64. The molecule has 18 heavy (non-hydrogen) atoms. The van der Waals surface area contributed by atoms with E-state index in [0.29, 0.717) is 11.3 Å². The van der Waals surface area contributed by atoms with Crippen molar-refractivity contribution < 1.29 is 9.59 Å². The van der Waals surface area contributed by atoms with E-state index in [1.807, 2.05) is 0 Å². The van der Waals surface area contributed by atoms with Gasteiger partial charge in [0.1, 0.15) is 0 Å². The van der Waals surface area contributed by atoms with E-state index in [9.17, 15) is 9.59 Å². The zero-order chi connectivity index (χ0) is 13.0. The van der Waals surface area contributed by atoms with E-state index in [4.69, 9.17) is 0 Å². The third-order valence-electron chi connectivity index (χ3n) is 3.00. The second-order valence-corrected chi connectivity index (χ2v) is 4.30. The summed E-state index contributed by atoms with van der Waals surface area (Å²) < 4.78 is 0. The number of hydrogen-bond acceptors (Lipinski definition) is 3. The molecule has 0 unspecified atom stereocenters. The van der Waals surface area contributed by atoms with E-state index in [0.717, 1.165) is 19.4 Å². The Morgan fingerprint density at radius 1 is 1.39 bits per heavy atom. The highest BCUT2D eigenvalue weighted by Crippen LogP contribution is 2.13. The second-order valence-electron chi connectivity index (χ2n) is 4.30. The zero-order valence-corrected chi connectivity index (χ0v) is 10.3. The Hall–Kier alpha value is -1.88. The van der Waals surface area contributed by atoms with E-state index < -0.39 is 0 Å². The van der Waals surface area contributed by atoms with Gasteiger partial charge < -0.3 is 16.0 Å². The fraction of sp³-hybridized carbons (Fsp3) is 0.385. The van der Waals surface area contributed by atoms with E-state index in [2.05, 4.69) is 16.0 Å². The number of nitrogens with one attached hydrogen (secondary N) is 3. The maximum Gasteiger partial charge on any atom is 0.251 e. The molecule has 1 saturated heterocycles. The van der Waals surface area contributed by atoms with Crippen LogP contribution < -0.4 is 16.0 Å². The SMILES string of the molecule is CNC(=O)c1cccc(NC(=O)[C@H]2CCCN2)c1. The standard InChI is InChI=1S/C13H17N3O2/c1-14-12(17)9-4-2-5-10(8-9)16-13(18)11-6-3-7-15-11/h2,4-5,8,11,15H,3,6-7H2,1H3,(H,14,17)(H,16,18)/t11-/m1/s1. The number of benzene rings is 1. The van der Waals surface area contributed by atoms with Crippen molar-refractivity contribution in [1.29, 1.82) is 0 Å². The zero-order valence-electron chi connectivity index (χ0n) is 10.3. The van der Waals surface area contributed by atoms with Crippen LogP contribution in [0.5, 0.6) is 0 Å². The molecule has 0 radical (unpaired) electrons. The largest absolute Gasteiger partial charge is 0.355 e. The monoisotopic (exact) mass is 247 g/mol. The maximum absolute atomic E-state index is 11.9. The van der Waals surface area contributed by atoms with Gasteiger partial charge in [-0.3, -0.25) is 9.59 Å². The molecule has 0 aliphatic carbocycles. The molecule has 1 aliphatic heterocycles. The number of amides is 2. The Kier molecular flexibility index (Phi) is 3.94. The van der Waals surface area contributed by atoms with Crippen LogP contribution in [0.2, 0.25) is 0 Å². The Morgan fingerprint density at radius 3 is 2.89 bits per heavy atom. The van der Waals surface area contributed by atoms with Crippen molar-refractivity contribution in [2.45, 2.75) is 18.9 Å². The van der Waals surface area contributed by atoms with Gasteiger partial charge in [0.15, 0.2) is 0 Å². The summed E-state index contributed by atoms with van der Waals surface area (Å²) in [5, 5.41) is 8.51. The Bertz CT molecular complexity index is 453. The van der Waals surface area contributed by atoms with Gasteiger partial charge in [-0.25, -0.2) is 0 Å². The predicted octanol–water partition coefficient (Wildman–Crippen LogP) is 0.737. The summed E-state index contributed by atoms with van der Waals surface area (Å²) >= 11 is 0. The van der Waals surface area contributed by atoms with Crippen molar-refractivity contribution in [1.82, 2.24) is 10.6 Å². The Balaban J connectivity index is 2.04. The summed E-state index contributed by atoms with van der Waals surface area (Å²) in [6, 6.07) is 6.80. The molecule has 1 aromatic carbocycles. The molecule has 0 aromatic heterocycles. The average molecular weight is 247 g/mol. The fourth-order valence-electron chi connectivity index (χ4n) is 2.02. The molecule has 1 aromatic rings. The molecule has 0 bridgehead atoms. The van der Waals surface area contributed by atoms with Crippen LogP contribution in [0.25, 0.3) is 0 Å². The molecule has 1 aliphatic rings. The first-order chi connectivity index (χ1) is 8.70. The van der Waals surface area contributed by atoms with Crippen molar-refractivity contribution in [3.63, 3.8) is 0 Å². The first kappa shape index (κ1) is 12.6. The lowest BCUT2D eigenvalue weighted by Gasteiger charge is -2.11. The van der Waals surface area contributed by atoms with Gasteiger partial charge in [-0.05, 0) is 37.6 Å². The average Bonchev–Trinajstić information content (AvgIpc) is 2.92. The lowest BCUT2D eigenvalue weighted by molar-refractivity contribution is -0.117. The van der Waals surface area contributed by atoms with Crippen LogP contribution in [-0.2, 0) is 4.79 Å². The molecule has 0 saturated carbocycles. The van der Waals surface area contributed by atoms with Crippen molar-refractivity contribution in [3.8, 4) is 0 Å². The highest BCUT2D eigenvalue weighted by molar-refractivity contribution is 5.98. The van der Waals surface area contributed by atoms with Gasteiger partial charge in [0.2, 0.25) is 5.91 Å². The third-order valence-corrected chi connectivity index (χ3v) is 3.00. The van der Waals surface area contributed by atoms with Gasteiger partial charge in [-0.15, -0.1) is 0 Å². The molecule has 5 heteroatoms. The quantitative estimate of drug-likeness (QED) is 0.737. The number of carbonyl (C=O) groups excluding carboxylic acids is 2. The van der Waals surface area contributed by atoms with E-state index in [1.54, 1.807) is 31.3 Å². The smallest absolute Gasteiger partial charge is 0.251 e. The summed E-state index contributed by atoms with van der Waals surface area (Å²) in [6.07, 6.45) is 1.89. The fourth-order valence-corrected chi connectivity index (χ4v) is 2.02. The first-order valence-electron chi connectivity index (χ1n) is 6.07. The summed E-state index contributed by atoms with van der Waals surface area (Å²) in [5.41, 5.74) is 1.18. The highest BCUT2D eigenvalue weighted by atomic mass is 16.2. The van der Waals surface area contributed by atoms with E-state index in [-0.39, 0.29) is 17.9 Å². The molecule has 2 rings (SSSR count). The van der Waals surface area contributed by atoms with Crippen LogP contribution in [-0.4, -0.2) is 31.4 Å². The summed E-state index contributed by atoms with van der Waals surface area (Å²) in [4.78, 5) is 23.4. The lowest BCUT2D eigenvalue weighted by atomic mass is 10.1. The van der Waals surface area contributed by atoms with E-state index in [1.165, 1.54) is 0 Å². The Labute approximate surface area is 106 Å². The number of anilines is 1. The minimum Gasteiger partial charge on any atom is -0.355 e. The minimum absolute atomic E-state index is 0.0402. The number of hydrogen-bond donors (Lipinski definition) is 3. The topological polar surface area (TPSA) is 70.2 Å². The summed E-state index contributed by atoms with van der Waals surface area (Å²) in [5.74, 6) is -0.202. The molecule has 1 fully saturated rings. The van der Waals surface area contributed by atoms with Crippen molar-refractivity contribution in [3.05, 3.63) is 29.8 Å². The van der Waals surface area contributed by atoms with Crippen molar-refractivity contribution in [2.24, 2.45) is 0 Å². The van der Waals surface area contributed by atoms with Crippen molar-refractivity contribution >= 4 is 17.5 Å². The molecule has 1 atom stereocenters. The van der Waals surface area contributed by atoms with Gasteiger partial charge in [0.05, 0.1) is 6.04 Å². The third kappa shape index (κ3) is 2.87. The summed E-state index contributed by atoms with van der Waals surface area (Å²) in [6.45, 7) is 0.885. The predicted molar refractivity (Wildman–Crippen MR) is 69.5 cm³/mol. The molecule has 5 nitrogen and oxygen atoms in total. The van der Waals surface area contributed by atoms with Crippen LogP contribution in [0.4, 0.5) is 5.69 Å². The molecule has 1 heterocycles. The van der Waals surface area contributed by atoms with Crippen LogP contribution in [0.3, 0.4) is 0 Å². The molecule has 3 N–H and O–H groups in total. The lowest BCUT2D eigenvalue weighted by Crippen LogP contribution is -2.35. The molecule has 2 amide bonds. The van der Waals surface area contributed by atoms with Gasteiger partial charge in [-0.2, -0.15) is 0 Å². The van der Waals surface area contributed by atoms with Gasteiger partial charge in [0, 0.05) is 18.3 Å². The minimum atomic E-state index is -0.162. The number of rotatable bonds is 3. The van der Waals surface area contributed by atoms with Gasteiger partial charge in [-0.1, -0.05) is 6.07 Å². The van der Waals surface area contributed by atoms with Crippen molar-refractivity contribution in [2.75, 3.05) is 18.9 Å². The van der Waals surface area contributed by atoms with Crippen LogP contribution in [0, 0.1) is 0 Å².